The van der Waals surface area contributed by atoms with Crippen molar-refractivity contribution < 1.29 is 4.79 Å². The molecule has 128 valence electrons. The van der Waals surface area contributed by atoms with Gasteiger partial charge < -0.3 is 9.80 Å². The molecule has 0 aliphatic carbocycles. The van der Waals surface area contributed by atoms with Gasteiger partial charge in [0.15, 0.2) is 5.78 Å². The zero-order valence-electron chi connectivity index (χ0n) is 14.2. The van der Waals surface area contributed by atoms with E-state index < -0.39 is 0 Å². The number of aryl methyl sites for hydroxylation is 1. The van der Waals surface area contributed by atoms with Crippen LogP contribution >= 0.6 is 11.6 Å². The molecule has 2 bridgehead atoms. The third-order valence-corrected chi connectivity index (χ3v) is 5.53. The Kier molecular flexibility index (Phi) is 4.26. The van der Waals surface area contributed by atoms with Crippen LogP contribution in [0.4, 0.5) is 5.69 Å². The molecule has 0 spiro atoms. The summed E-state index contributed by atoms with van der Waals surface area (Å²) < 4.78 is 0. The number of likely N-dealkylation sites (tertiary alicyclic amines) is 1. The predicted octanol–water partition coefficient (Wildman–Crippen LogP) is 4.31. The predicted molar refractivity (Wildman–Crippen MR) is 102 cm³/mol. The van der Waals surface area contributed by atoms with Gasteiger partial charge >= 0.3 is 0 Å². The van der Waals surface area contributed by atoms with Crippen molar-refractivity contribution in [3.63, 3.8) is 0 Å². The Morgan fingerprint density at radius 1 is 1.08 bits per heavy atom. The van der Waals surface area contributed by atoms with Crippen LogP contribution in [0.1, 0.15) is 22.3 Å². The molecule has 2 aliphatic rings. The van der Waals surface area contributed by atoms with E-state index in [1.807, 2.05) is 18.3 Å². The highest BCUT2D eigenvalue weighted by Crippen LogP contribution is 2.34. The number of rotatable bonds is 4. The van der Waals surface area contributed by atoms with E-state index in [1.165, 1.54) is 11.3 Å². The number of piperazine rings is 1. The molecule has 0 amide bonds. The molecule has 2 heterocycles. The molecule has 0 N–H and O–H groups in total. The van der Waals surface area contributed by atoms with Crippen molar-refractivity contribution in [1.29, 1.82) is 0 Å². The van der Waals surface area contributed by atoms with Crippen LogP contribution in [0.5, 0.6) is 0 Å². The number of benzene rings is 2. The molecule has 2 atom stereocenters. The van der Waals surface area contributed by atoms with Crippen molar-refractivity contribution in [1.82, 2.24) is 4.90 Å². The molecule has 2 aromatic rings. The average molecular weight is 353 g/mol. The van der Waals surface area contributed by atoms with Gasteiger partial charge in [0.25, 0.3) is 0 Å². The minimum atomic E-state index is -0.0382. The third kappa shape index (κ3) is 3.16. The first-order chi connectivity index (χ1) is 12.1. The van der Waals surface area contributed by atoms with E-state index in [1.54, 1.807) is 18.2 Å². The van der Waals surface area contributed by atoms with E-state index in [9.17, 15) is 4.79 Å². The Labute approximate surface area is 153 Å². The maximum atomic E-state index is 12.3. The maximum absolute atomic E-state index is 12.3. The number of nitrogens with zero attached hydrogens (tertiary/aromatic N) is 2. The van der Waals surface area contributed by atoms with E-state index >= 15 is 0 Å². The summed E-state index contributed by atoms with van der Waals surface area (Å²) in [6.45, 7) is 4.09. The van der Waals surface area contributed by atoms with Crippen LogP contribution in [0.25, 0.3) is 0 Å². The third-order valence-electron chi connectivity index (χ3n) is 5.21. The molecule has 0 unspecified atom stereocenters. The van der Waals surface area contributed by atoms with Crippen LogP contribution in [0.2, 0.25) is 5.02 Å². The Hall–Kier alpha value is -2.26. The molecule has 2 saturated heterocycles. The summed E-state index contributed by atoms with van der Waals surface area (Å²) in [7, 11) is 0. The zero-order chi connectivity index (χ0) is 17.4. The van der Waals surface area contributed by atoms with E-state index in [4.69, 9.17) is 11.6 Å². The molecule has 25 heavy (non-hydrogen) atoms. The van der Waals surface area contributed by atoms with Crippen molar-refractivity contribution in [2.45, 2.75) is 25.4 Å². The minimum absolute atomic E-state index is 0.0382. The van der Waals surface area contributed by atoms with Crippen LogP contribution < -0.4 is 4.90 Å². The number of anilines is 1. The van der Waals surface area contributed by atoms with E-state index in [-0.39, 0.29) is 5.78 Å². The Morgan fingerprint density at radius 2 is 1.84 bits per heavy atom. The van der Waals surface area contributed by atoms with Gasteiger partial charge in [-0.25, -0.2) is 0 Å². The lowest BCUT2D eigenvalue weighted by atomic mass is 10.1. The maximum Gasteiger partial charge on any atom is 0.188 e. The lowest BCUT2D eigenvalue weighted by molar-refractivity contribution is 0.104. The van der Waals surface area contributed by atoms with E-state index in [0.29, 0.717) is 22.7 Å². The van der Waals surface area contributed by atoms with Gasteiger partial charge in [0.05, 0.1) is 5.02 Å². The number of halogens is 1. The summed E-state index contributed by atoms with van der Waals surface area (Å²) in [5.74, 6) is -0.0382. The molecule has 2 aliphatic heterocycles. The largest absolute Gasteiger partial charge is 0.370 e. The second kappa shape index (κ2) is 6.57. The highest BCUT2D eigenvalue weighted by atomic mass is 35.5. The van der Waals surface area contributed by atoms with Crippen molar-refractivity contribution in [2.75, 3.05) is 18.0 Å². The number of hydrogen-bond acceptors (Lipinski definition) is 3. The number of carbonyl (C=O) groups excluding carboxylic acids is 1. The number of carbonyl (C=O) groups is 1. The summed E-state index contributed by atoms with van der Waals surface area (Å²) in [4.78, 5) is 17.1. The molecule has 4 rings (SSSR count). The van der Waals surface area contributed by atoms with Gasteiger partial charge in [-0.2, -0.15) is 0 Å². The summed E-state index contributed by atoms with van der Waals surface area (Å²) in [5, 5.41) is 0.505. The van der Waals surface area contributed by atoms with Crippen LogP contribution in [0.3, 0.4) is 0 Å². The molecule has 2 aromatic carbocycles. The summed E-state index contributed by atoms with van der Waals surface area (Å²) in [6, 6.07) is 16.9. The first-order valence-corrected chi connectivity index (χ1v) is 9.06. The minimum Gasteiger partial charge on any atom is -0.370 e. The lowest BCUT2D eigenvalue weighted by Crippen LogP contribution is -2.44. The fourth-order valence-corrected chi connectivity index (χ4v) is 4.08. The van der Waals surface area contributed by atoms with Crippen molar-refractivity contribution >= 4 is 23.1 Å². The zero-order valence-corrected chi connectivity index (χ0v) is 15.0. The topological polar surface area (TPSA) is 23.6 Å². The molecular weight excluding hydrogens is 332 g/mol. The normalized spacial score (nSPS) is 22.2. The smallest absolute Gasteiger partial charge is 0.188 e. The molecule has 0 aromatic heterocycles. The molecular formula is C21H21ClN2O. The Morgan fingerprint density at radius 3 is 2.52 bits per heavy atom. The quantitative estimate of drug-likeness (QED) is 0.605. The average Bonchev–Trinajstić information content (AvgIpc) is 3.21. The molecule has 2 fully saturated rings. The van der Waals surface area contributed by atoms with Gasteiger partial charge in [-0.1, -0.05) is 41.4 Å². The number of ketones is 1. The summed E-state index contributed by atoms with van der Waals surface area (Å²) >= 11 is 6.10. The molecule has 3 nitrogen and oxygen atoms in total. The Bertz CT molecular complexity index is 815. The van der Waals surface area contributed by atoms with Crippen molar-refractivity contribution in [2.24, 2.45) is 0 Å². The van der Waals surface area contributed by atoms with Crippen molar-refractivity contribution in [3.8, 4) is 0 Å². The van der Waals surface area contributed by atoms with E-state index in [0.717, 1.165) is 19.5 Å². The van der Waals surface area contributed by atoms with Crippen molar-refractivity contribution in [3.05, 3.63) is 77.0 Å². The van der Waals surface area contributed by atoms with Crippen LogP contribution in [0.15, 0.2) is 60.8 Å². The fraction of sp³-hybridized carbons (Fsp3) is 0.286. The standard InChI is InChI=1S/C21H21ClN2O/c1-15-6-8-16(9-7-15)24-14-17-12-18(24)13-23(17)11-10-21(25)19-4-2-3-5-20(19)22/h2-11,17-18H,12-14H2,1H3/b11-10+/t17-,18-/m1/s1. The van der Waals surface area contributed by atoms with Crippen LogP contribution in [0, 0.1) is 6.92 Å². The highest BCUT2D eigenvalue weighted by molar-refractivity contribution is 6.34. The highest BCUT2D eigenvalue weighted by Gasteiger charge is 2.41. The summed E-state index contributed by atoms with van der Waals surface area (Å²) in [5.41, 5.74) is 3.15. The molecule has 0 saturated carbocycles. The van der Waals surface area contributed by atoms with Gasteiger partial charge in [-0.3, -0.25) is 4.79 Å². The van der Waals surface area contributed by atoms with Gasteiger partial charge in [0.2, 0.25) is 0 Å². The number of fused-ring (bicyclic) bond motifs is 2. The molecule has 0 radical (unpaired) electrons. The van der Waals surface area contributed by atoms with Gasteiger partial charge in [0.1, 0.15) is 0 Å². The fourth-order valence-electron chi connectivity index (χ4n) is 3.85. The second-order valence-corrected chi connectivity index (χ2v) is 7.30. The monoisotopic (exact) mass is 352 g/mol. The number of allylic oxidation sites excluding steroid dienone is 1. The van der Waals surface area contributed by atoms with Crippen LogP contribution in [-0.2, 0) is 0 Å². The first-order valence-electron chi connectivity index (χ1n) is 8.68. The van der Waals surface area contributed by atoms with Crippen LogP contribution in [-0.4, -0.2) is 35.9 Å². The molecule has 4 heteroatoms. The lowest BCUT2D eigenvalue weighted by Gasteiger charge is -2.35. The SMILES string of the molecule is Cc1ccc(N2C[C@H]3C[C@@H]2CN3/C=C/C(=O)c2ccccc2Cl)cc1. The number of hydrogen-bond donors (Lipinski definition) is 0. The first kappa shape index (κ1) is 16.2. The van der Waals surface area contributed by atoms with Gasteiger partial charge in [0, 0.05) is 48.7 Å². The Balaban J connectivity index is 1.42. The van der Waals surface area contributed by atoms with E-state index in [2.05, 4.69) is 41.0 Å². The van der Waals surface area contributed by atoms with Gasteiger partial charge in [-0.15, -0.1) is 0 Å². The summed E-state index contributed by atoms with van der Waals surface area (Å²) in [6.07, 6.45) is 4.75. The van der Waals surface area contributed by atoms with Gasteiger partial charge in [-0.05, 0) is 37.6 Å². The second-order valence-electron chi connectivity index (χ2n) is 6.89.